The third kappa shape index (κ3) is 4.61. The van der Waals surface area contributed by atoms with E-state index in [4.69, 9.17) is 14.5 Å². The number of amides is 1. The topological polar surface area (TPSA) is 102 Å². The number of sulfonamides is 1. The normalized spacial score (nSPS) is 17.6. The van der Waals surface area contributed by atoms with Gasteiger partial charge < -0.3 is 9.47 Å². The molecule has 2 aromatic carbocycles. The van der Waals surface area contributed by atoms with E-state index in [0.717, 1.165) is 29.5 Å². The number of hydrogen-bond acceptors (Lipinski definition) is 8. The highest BCUT2D eigenvalue weighted by atomic mass is 32.2. The zero-order chi connectivity index (χ0) is 26.3. The summed E-state index contributed by atoms with van der Waals surface area (Å²) in [6, 6.07) is 13.5. The van der Waals surface area contributed by atoms with Gasteiger partial charge in [-0.2, -0.15) is 4.31 Å². The molecule has 6 rings (SSSR count). The van der Waals surface area contributed by atoms with Gasteiger partial charge in [0.05, 0.1) is 21.7 Å². The van der Waals surface area contributed by atoms with Crippen LogP contribution >= 0.6 is 11.3 Å². The first kappa shape index (κ1) is 24.8. The summed E-state index contributed by atoms with van der Waals surface area (Å²) in [5, 5.41) is 0.511. The number of ether oxygens (including phenoxy) is 2. The van der Waals surface area contributed by atoms with Crippen molar-refractivity contribution in [1.29, 1.82) is 0 Å². The maximum atomic E-state index is 13.8. The molecule has 0 bridgehead atoms. The van der Waals surface area contributed by atoms with Crippen molar-refractivity contribution in [3.8, 4) is 11.5 Å². The molecule has 1 saturated heterocycles. The van der Waals surface area contributed by atoms with Gasteiger partial charge in [0.2, 0.25) is 16.8 Å². The molecule has 0 aliphatic carbocycles. The molecular weight excluding hydrogens is 524 g/mol. The van der Waals surface area contributed by atoms with E-state index in [1.807, 2.05) is 31.2 Å². The molecule has 11 heteroatoms. The van der Waals surface area contributed by atoms with Crippen molar-refractivity contribution in [3.63, 3.8) is 0 Å². The molecule has 0 N–H and O–H groups in total. The van der Waals surface area contributed by atoms with Gasteiger partial charge in [0, 0.05) is 42.7 Å². The van der Waals surface area contributed by atoms with Crippen molar-refractivity contribution < 1.29 is 22.7 Å². The number of aromatic nitrogens is 2. The standard InChI is InChI=1S/C27H26N4O5S2/c1-18-5-2-3-12-31(18)38(33,34)21-9-7-20(8-10-21)26(32)30(16-19-6-4-11-28-15-19)27-29-22-13-23-24(36-17-35-23)14-25(22)37-27/h4,6-11,13-15,18H,2-3,5,12,16-17H2,1H3. The predicted octanol–water partition coefficient (Wildman–Crippen LogP) is 4.83. The lowest BCUT2D eigenvalue weighted by atomic mass is 10.1. The van der Waals surface area contributed by atoms with Gasteiger partial charge >= 0.3 is 0 Å². The van der Waals surface area contributed by atoms with E-state index >= 15 is 0 Å². The van der Waals surface area contributed by atoms with Gasteiger partial charge in [-0.25, -0.2) is 13.4 Å². The molecule has 4 heterocycles. The molecule has 4 aromatic rings. The van der Waals surface area contributed by atoms with Crippen LogP contribution < -0.4 is 14.4 Å². The fraction of sp³-hybridized carbons (Fsp3) is 0.296. The summed E-state index contributed by atoms with van der Waals surface area (Å²) in [4.78, 5) is 24.5. The van der Waals surface area contributed by atoms with Crippen LogP contribution in [0.1, 0.15) is 42.1 Å². The van der Waals surface area contributed by atoms with Crippen LogP contribution in [0.2, 0.25) is 0 Å². The van der Waals surface area contributed by atoms with Crippen molar-refractivity contribution in [1.82, 2.24) is 14.3 Å². The summed E-state index contributed by atoms with van der Waals surface area (Å²) in [6.07, 6.45) is 6.12. The monoisotopic (exact) mass is 550 g/mol. The van der Waals surface area contributed by atoms with E-state index in [2.05, 4.69) is 4.98 Å². The van der Waals surface area contributed by atoms with Crippen molar-refractivity contribution in [2.75, 3.05) is 18.2 Å². The van der Waals surface area contributed by atoms with Gasteiger partial charge in [-0.15, -0.1) is 0 Å². The Labute approximate surface area is 224 Å². The van der Waals surface area contributed by atoms with Crippen LogP contribution in [0.4, 0.5) is 5.13 Å². The van der Waals surface area contributed by atoms with E-state index in [0.29, 0.717) is 34.3 Å². The number of hydrogen-bond donors (Lipinski definition) is 0. The Hall–Kier alpha value is -3.54. The predicted molar refractivity (Wildman–Crippen MR) is 144 cm³/mol. The number of carbonyl (C=O) groups is 1. The lowest BCUT2D eigenvalue weighted by Gasteiger charge is -2.32. The number of carbonyl (C=O) groups excluding carboxylic acids is 1. The number of pyridine rings is 1. The van der Waals surface area contributed by atoms with Crippen LogP contribution in [0.15, 0.2) is 65.8 Å². The summed E-state index contributed by atoms with van der Waals surface area (Å²) in [5.74, 6) is 0.986. The minimum atomic E-state index is -3.63. The number of anilines is 1. The highest BCUT2D eigenvalue weighted by molar-refractivity contribution is 7.89. The molecule has 1 unspecified atom stereocenters. The third-order valence-electron chi connectivity index (χ3n) is 6.86. The third-order valence-corrected chi connectivity index (χ3v) is 9.93. The second kappa shape index (κ2) is 9.97. The number of piperidine rings is 1. The van der Waals surface area contributed by atoms with Gasteiger partial charge in [0.1, 0.15) is 0 Å². The SMILES string of the molecule is CC1CCCCN1S(=O)(=O)c1ccc(C(=O)N(Cc2cccnc2)c2nc3cc4c(cc3s2)OCO4)cc1. The molecule has 196 valence electrons. The Bertz CT molecular complexity index is 1550. The van der Waals surface area contributed by atoms with Gasteiger partial charge in [-0.05, 0) is 55.7 Å². The largest absolute Gasteiger partial charge is 0.454 e. The molecule has 0 spiro atoms. The lowest BCUT2D eigenvalue weighted by Crippen LogP contribution is -2.41. The van der Waals surface area contributed by atoms with Crippen LogP contribution in [-0.4, -0.2) is 48.0 Å². The molecule has 0 saturated carbocycles. The molecule has 38 heavy (non-hydrogen) atoms. The van der Waals surface area contributed by atoms with Crippen molar-refractivity contribution >= 4 is 42.6 Å². The first-order chi connectivity index (χ1) is 18.4. The van der Waals surface area contributed by atoms with E-state index in [9.17, 15) is 13.2 Å². The summed E-state index contributed by atoms with van der Waals surface area (Å²) in [5.41, 5.74) is 1.91. The van der Waals surface area contributed by atoms with Crippen LogP contribution in [0.3, 0.4) is 0 Å². The molecule has 9 nitrogen and oxygen atoms in total. The Morgan fingerprint density at radius 1 is 1.13 bits per heavy atom. The van der Waals surface area contributed by atoms with Gasteiger partial charge in [-0.3, -0.25) is 14.7 Å². The van der Waals surface area contributed by atoms with Crippen LogP contribution in [0.25, 0.3) is 10.2 Å². The van der Waals surface area contributed by atoms with Gasteiger partial charge in [0.25, 0.3) is 5.91 Å². The van der Waals surface area contributed by atoms with Crippen molar-refractivity contribution in [2.24, 2.45) is 0 Å². The maximum Gasteiger partial charge on any atom is 0.260 e. The smallest absolute Gasteiger partial charge is 0.260 e. The quantitative estimate of drug-likeness (QED) is 0.339. The molecule has 2 aliphatic rings. The van der Waals surface area contributed by atoms with Gasteiger partial charge in [-0.1, -0.05) is 23.8 Å². The van der Waals surface area contributed by atoms with Crippen LogP contribution in [0.5, 0.6) is 11.5 Å². The second-order valence-corrected chi connectivity index (χ2v) is 12.3. The van der Waals surface area contributed by atoms with Crippen molar-refractivity contribution in [2.45, 2.75) is 43.7 Å². The molecule has 1 fully saturated rings. The Balaban J connectivity index is 1.33. The number of thiazole rings is 1. The van der Waals surface area contributed by atoms with Crippen LogP contribution in [0, 0.1) is 0 Å². The summed E-state index contributed by atoms with van der Waals surface area (Å²) < 4.78 is 39.9. The molecule has 1 amide bonds. The van der Waals surface area contributed by atoms with Crippen molar-refractivity contribution in [3.05, 3.63) is 72.1 Å². The second-order valence-electron chi connectivity index (χ2n) is 9.41. The lowest BCUT2D eigenvalue weighted by molar-refractivity contribution is 0.0985. The fourth-order valence-corrected chi connectivity index (χ4v) is 7.48. The number of fused-ring (bicyclic) bond motifs is 2. The number of rotatable bonds is 6. The molecular formula is C27H26N4O5S2. The molecule has 2 aromatic heterocycles. The summed E-state index contributed by atoms with van der Waals surface area (Å²) >= 11 is 1.38. The Morgan fingerprint density at radius 2 is 1.92 bits per heavy atom. The average molecular weight is 551 g/mol. The minimum absolute atomic E-state index is 0.0405. The molecule has 1 atom stereocenters. The molecule has 2 aliphatic heterocycles. The minimum Gasteiger partial charge on any atom is -0.454 e. The fourth-order valence-electron chi connectivity index (χ4n) is 4.81. The zero-order valence-corrected chi connectivity index (χ0v) is 22.4. The highest BCUT2D eigenvalue weighted by Gasteiger charge is 2.31. The van der Waals surface area contributed by atoms with E-state index in [1.165, 1.54) is 23.5 Å². The highest BCUT2D eigenvalue weighted by Crippen LogP contribution is 2.40. The summed E-state index contributed by atoms with van der Waals surface area (Å²) in [6.45, 7) is 2.88. The summed E-state index contributed by atoms with van der Waals surface area (Å²) in [7, 11) is -3.63. The number of nitrogens with zero attached hydrogens (tertiary/aromatic N) is 4. The first-order valence-electron chi connectivity index (χ1n) is 12.4. The Kier molecular flexibility index (Phi) is 6.50. The average Bonchev–Trinajstić information content (AvgIpc) is 3.56. The first-order valence-corrected chi connectivity index (χ1v) is 14.7. The van der Waals surface area contributed by atoms with Gasteiger partial charge in [0.15, 0.2) is 16.6 Å². The number of benzene rings is 2. The zero-order valence-electron chi connectivity index (χ0n) is 20.7. The maximum absolute atomic E-state index is 13.8. The van der Waals surface area contributed by atoms with Crippen LogP contribution in [-0.2, 0) is 16.6 Å². The van der Waals surface area contributed by atoms with E-state index < -0.39 is 10.0 Å². The Morgan fingerprint density at radius 3 is 2.66 bits per heavy atom. The van der Waals surface area contributed by atoms with E-state index in [-0.39, 0.29) is 30.2 Å². The van der Waals surface area contributed by atoms with E-state index in [1.54, 1.807) is 33.7 Å². The molecule has 0 radical (unpaired) electrons.